The van der Waals surface area contributed by atoms with Crippen LogP contribution in [-0.2, 0) is 11.2 Å². The fourth-order valence-electron chi connectivity index (χ4n) is 3.26. The Morgan fingerprint density at radius 2 is 2.12 bits per heavy atom. The number of aromatic nitrogens is 1. The van der Waals surface area contributed by atoms with Crippen molar-refractivity contribution in [3.05, 3.63) is 42.2 Å². The van der Waals surface area contributed by atoms with Gasteiger partial charge in [-0.15, -0.1) is 0 Å². The lowest BCUT2D eigenvalue weighted by molar-refractivity contribution is -0.130. The summed E-state index contributed by atoms with van der Waals surface area (Å²) < 4.78 is 18.6. The molecule has 6 heteroatoms. The number of carbonyl (C=O) groups is 1. The number of hydrogen-bond acceptors (Lipinski definition) is 4. The molecule has 1 amide bonds. The smallest absolute Gasteiger partial charge is 0.222 e. The molecule has 3 rings (SSSR count). The molecule has 1 saturated carbocycles. The van der Waals surface area contributed by atoms with Gasteiger partial charge in [-0.1, -0.05) is 6.42 Å². The molecule has 0 aliphatic heterocycles. The first-order valence-electron chi connectivity index (χ1n) is 8.65. The Labute approximate surface area is 146 Å². The van der Waals surface area contributed by atoms with E-state index in [2.05, 4.69) is 4.98 Å². The summed E-state index contributed by atoms with van der Waals surface area (Å²) in [5.74, 6) is 0.942. The van der Waals surface area contributed by atoms with Crippen molar-refractivity contribution in [2.75, 3.05) is 13.6 Å². The first-order chi connectivity index (χ1) is 12.0. The zero-order chi connectivity index (χ0) is 17.8. The van der Waals surface area contributed by atoms with Gasteiger partial charge in [-0.25, -0.2) is 9.37 Å². The van der Waals surface area contributed by atoms with Gasteiger partial charge in [0.1, 0.15) is 5.82 Å². The molecule has 1 aliphatic carbocycles. The molecule has 2 atom stereocenters. The van der Waals surface area contributed by atoms with Gasteiger partial charge in [-0.3, -0.25) is 4.79 Å². The Kier molecular flexibility index (Phi) is 5.48. The van der Waals surface area contributed by atoms with Crippen LogP contribution < -0.4 is 0 Å². The normalized spacial score (nSPS) is 20.0. The van der Waals surface area contributed by atoms with Crippen LogP contribution in [-0.4, -0.2) is 40.6 Å². The number of halogens is 1. The van der Waals surface area contributed by atoms with Crippen LogP contribution in [0.1, 0.15) is 31.6 Å². The van der Waals surface area contributed by atoms with E-state index < -0.39 is 0 Å². The average Bonchev–Trinajstić information content (AvgIpc) is 3.23. The summed E-state index contributed by atoms with van der Waals surface area (Å²) in [6, 6.07) is 6.00. The van der Waals surface area contributed by atoms with Crippen molar-refractivity contribution in [2.24, 2.45) is 5.92 Å². The maximum absolute atomic E-state index is 13.0. The van der Waals surface area contributed by atoms with Crippen LogP contribution in [0.2, 0.25) is 0 Å². The van der Waals surface area contributed by atoms with E-state index in [-0.39, 0.29) is 23.7 Å². The maximum atomic E-state index is 13.0. The highest BCUT2D eigenvalue weighted by atomic mass is 19.1. The minimum atomic E-state index is -0.301. The molecule has 0 bridgehead atoms. The van der Waals surface area contributed by atoms with E-state index in [4.69, 9.17) is 4.42 Å². The summed E-state index contributed by atoms with van der Waals surface area (Å²) in [7, 11) is 1.77. The third-order valence-electron chi connectivity index (χ3n) is 4.79. The van der Waals surface area contributed by atoms with Crippen molar-refractivity contribution in [1.82, 2.24) is 9.88 Å². The molecule has 0 spiro atoms. The molecule has 1 aromatic heterocycles. The van der Waals surface area contributed by atoms with Gasteiger partial charge in [0.2, 0.25) is 5.91 Å². The lowest BCUT2D eigenvalue weighted by Gasteiger charge is -2.23. The fourth-order valence-corrected chi connectivity index (χ4v) is 3.26. The van der Waals surface area contributed by atoms with Gasteiger partial charge in [0.25, 0.3) is 0 Å². The fraction of sp³-hybridized carbons (Fsp3) is 0.474. The highest BCUT2D eigenvalue weighted by Crippen LogP contribution is 2.26. The van der Waals surface area contributed by atoms with Crippen molar-refractivity contribution in [1.29, 1.82) is 0 Å². The van der Waals surface area contributed by atoms with Crippen LogP contribution in [0.25, 0.3) is 11.3 Å². The van der Waals surface area contributed by atoms with Gasteiger partial charge >= 0.3 is 0 Å². The summed E-state index contributed by atoms with van der Waals surface area (Å²) in [6.07, 6.45) is 4.84. The molecule has 1 aliphatic rings. The zero-order valence-electron chi connectivity index (χ0n) is 14.3. The SMILES string of the molecule is CN(CC1CCCC1O)C(=O)CCc1ncc(-c2ccc(F)cc2)o1. The monoisotopic (exact) mass is 346 g/mol. The van der Waals surface area contributed by atoms with Gasteiger partial charge in [-0.2, -0.15) is 0 Å². The summed E-state index contributed by atoms with van der Waals surface area (Å²) in [4.78, 5) is 18.1. The Bertz CT molecular complexity index is 714. The largest absolute Gasteiger partial charge is 0.441 e. The molecule has 5 nitrogen and oxygen atoms in total. The molecule has 1 heterocycles. The number of carbonyl (C=O) groups excluding carboxylic acids is 1. The number of hydrogen-bond donors (Lipinski definition) is 1. The number of aliphatic hydroxyl groups excluding tert-OH is 1. The van der Waals surface area contributed by atoms with Crippen LogP contribution in [0, 0.1) is 11.7 Å². The second-order valence-corrected chi connectivity index (χ2v) is 6.66. The predicted octanol–water partition coefficient (Wildman–Crippen LogP) is 3.03. The van der Waals surface area contributed by atoms with Crippen LogP contribution in [0.3, 0.4) is 0 Å². The molecule has 1 fully saturated rings. The summed E-state index contributed by atoms with van der Waals surface area (Å²) in [5.41, 5.74) is 0.749. The highest BCUT2D eigenvalue weighted by Gasteiger charge is 2.27. The molecular weight excluding hydrogens is 323 g/mol. The van der Waals surface area contributed by atoms with Gasteiger partial charge < -0.3 is 14.4 Å². The second-order valence-electron chi connectivity index (χ2n) is 6.66. The van der Waals surface area contributed by atoms with E-state index in [1.54, 1.807) is 30.3 Å². The van der Waals surface area contributed by atoms with Crippen molar-refractivity contribution in [3.8, 4) is 11.3 Å². The topological polar surface area (TPSA) is 66.6 Å². The Morgan fingerprint density at radius 1 is 1.36 bits per heavy atom. The molecule has 2 unspecified atom stereocenters. The van der Waals surface area contributed by atoms with Crippen LogP contribution in [0.5, 0.6) is 0 Å². The molecule has 2 aromatic rings. The van der Waals surface area contributed by atoms with E-state index >= 15 is 0 Å². The van der Waals surface area contributed by atoms with Gasteiger partial charge in [-0.05, 0) is 37.1 Å². The van der Waals surface area contributed by atoms with E-state index in [1.165, 1.54) is 12.1 Å². The minimum Gasteiger partial charge on any atom is -0.441 e. The van der Waals surface area contributed by atoms with Gasteiger partial charge in [0.15, 0.2) is 11.7 Å². The molecule has 1 N–H and O–H groups in total. The number of rotatable bonds is 6. The third-order valence-corrected chi connectivity index (χ3v) is 4.79. The lowest BCUT2D eigenvalue weighted by Crippen LogP contribution is -2.34. The number of nitrogens with zero attached hydrogens (tertiary/aromatic N) is 2. The predicted molar refractivity (Wildman–Crippen MR) is 91.2 cm³/mol. The Morgan fingerprint density at radius 3 is 2.80 bits per heavy atom. The molecule has 25 heavy (non-hydrogen) atoms. The van der Waals surface area contributed by atoms with E-state index in [0.717, 1.165) is 24.8 Å². The number of aliphatic hydroxyl groups is 1. The molecule has 1 aromatic carbocycles. The summed E-state index contributed by atoms with van der Waals surface area (Å²) in [6.45, 7) is 0.590. The molecule has 0 radical (unpaired) electrons. The first-order valence-corrected chi connectivity index (χ1v) is 8.65. The van der Waals surface area contributed by atoms with Gasteiger partial charge in [0, 0.05) is 37.9 Å². The van der Waals surface area contributed by atoms with Crippen LogP contribution >= 0.6 is 0 Å². The molecule has 0 saturated heterocycles. The number of benzene rings is 1. The Balaban J connectivity index is 1.51. The Hall–Kier alpha value is -2.21. The minimum absolute atomic E-state index is 0.0145. The standard InChI is InChI=1S/C19H23FN2O3/c1-22(12-14-3-2-4-16(14)23)19(24)10-9-18-21-11-17(25-18)13-5-7-15(20)8-6-13/h5-8,11,14,16,23H,2-4,9-10,12H2,1H3. The molecular formula is C19H23FN2O3. The first kappa shape index (κ1) is 17.6. The third kappa shape index (κ3) is 4.45. The van der Waals surface area contributed by atoms with Gasteiger partial charge in [0.05, 0.1) is 12.3 Å². The average molecular weight is 346 g/mol. The van der Waals surface area contributed by atoms with Crippen molar-refractivity contribution in [3.63, 3.8) is 0 Å². The quantitative estimate of drug-likeness (QED) is 0.873. The zero-order valence-corrected chi connectivity index (χ0v) is 14.3. The van der Waals surface area contributed by atoms with Crippen molar-refractivity contribution < 1.29 is 18.7 Å². The highest BCUT2D eigenvalue weighted by molar-refractivity contribution is 5.76. The van der Waals surface area contributed by atoms with E-state index in [1.807, 2.05) is 0 Å². The number of aryl methyl sites for hydroxylation is 1. The lowest BCUT2D eigenvalue weighted by atomic mass is 10.1. The summed E-state index contributed by atoms with van der Waals surface area (Å²) >= 11 is 0. The van der Waals surface area contributed by atoms with Crippen molar-refractivity contribution in [2.45, 2.75) is 38.2 Å². The maximum Gasteiger partial charge on any atom is 0.222 e. The van der Waals surface area contributed by atoms with E-state index in [9.17, 15) is 14.3 Å². The molecule has 134 valence electrons. The van der Waals surface area contributed by atoms with Crippen molar-refractivity contribution >= 4 is 5.91 Å². The van der Waals surface area contributed by atoms with Crippen LogP contribution in [0.15, 0.2) is 34.9 Å². The van der Waals surface area contributed by atoms with E-state index in [0.29, 0.717) is 31.0 Å². The number of amides is 1. The summed E-state index contributed by atoms with van der Waals surface area (Å²) in [5, 5.41) is 9.87. The number of oxazole rings is 1. The van der Waals surface area contributed by atoms with Crippen LogP contribution in [0.4, 0.5) is 4.39 Å². The second kappa shape index (κ2) is 7.78.